The number of benzene rings is 2. The van der Waals surface area contributed by atoms with E-state index >= 15 is 0 Å². The zero-order valence-electron chi connectivity index (χ0n) is 13.5. The summed E-state index contributed by atoms with van der Waals surface area (Å²) in [6, 6.07) is 15.2. The van der Waals surface area contributed by atoms with Gasteiger partial charge in [-0.3, -0.25) is 9.78 Å². The molecule has 0 radical (unpaired) electrons. The predicted molar refractivity (Wildman–Crippen MR) is 101 cm³/mol. The van der Waals surface area contributed by atoms with Crippen LogP contribution in [0, 0.1) is 13.8 Å². The molecule has 0 fully saturated rings. The first-order chi connectivity index (χ1) is 11.5. The van der Waals surface area contributed by atoms with E-state index in [1.165, 1.54) is 5.56 Å². The van der Waals surface area contributed by atoms with Gasteiger partial charge in [0.25, 0.3) is 0 Å². The maximum Gasteiger partial charge on any atom is 0.189 e. The number of H-pyrrole nitrogens is 1. The SMILES string of the molecule is Cc1ccc2[nH]ccc(=O)c2c1.Cc1ccc2nccc(Cl)c2c1. The Morgan fingerprint density at radius 1 is 0.917 bits per heavy atom. The van der Waals surface area contributed by atoms with Gasteiger partial charge in [0.2, 0.25) is 0 Å². The summed E-state index contributed by atoms with van der Waals surface area (Å²) in [6.45, 7) is 4.02. The molecule has 4 rings (SSSR count). The lowest BCUT2D eigenvalue weighted by Crippen LogP contribution is -1.99. The van der Waals surface area contributed by atoms with Crippen LogP contribution in [0.4, 0.5) is 0 Å². The molecule has 2 heterocycles. The summed E-state index contributed by atoms with van der Waals surface area (Å²) in [6.07, 6.45) is 3.39. The zero-order chi connectivity index (χ0) is 17.1. The Bertz CT molecular complexity index is 1070. The Morgan fingerprint density at radius 2 is 1.62 bits per heavy atom. The molecule has 0 atom stereocenters. The van der Waals surface area contributed by atoms with Crippen molar-refractivity contribution in [1.82, 2.24) is 9.97 Å². The van der Waals surface area contributed by atoms with Crippen LogP contribution in [0.3, 0.4) is 0 Å². The lowest BCUT2D eigenvalue weighted by atomic mass is 10.1. The second-order valence-corrected chi connectivity index (χ2v) is 6.11. The van der Waals surface area contributed by atoms with E-state index in [2.05, 4.69) is 9.97 Å². The number of nitrogens with one attached hydrogen (secondary N) is 1. The van der Waals surface area contributed by atoms with Crippen LogP contribution < -0.4 is 5.43 Å². The molecule has 4 heteroatoms. The van der Waals surface area contributed by atoms with Crippen LogP contribution in [0.5, 0.6) is 0 Å². The number of aryl methyl sites for hydroxylation is 2. The Morgan fingerprint density at radius 3 is 2.42 bits per heavy atom. The Hall–Kier alpha value is -2.65. The molecule has 0 saturated carbocycles. The van der Waals surface area contributed by atoms with Crippen LogP contribution in [-0.2, 0) is 0 Å². The van der Waals surface area contributed by atoms with Crippen molar-refractivity contribution < 1.29 is 0 Å². The van der Waals surface area contributed by atoms with Crippen molar-refractivity contribution >= 4 is 33.4 Å². The summed E-state index contributed by atoms with van der Waals surface area (Å²) in [5.41, 5.74) is 4.24. The molecule has 0 saturated heterocycles. The highest BCUT2D eigenvalue weighted by atomic mass is 35.5. The molecule has 2 aromatic carbocycles. The minimum absolute atomic E-state index is 0.0763. The van der Waals surface area contributed by atoms with Crippen molar-refractivity contribution in [2.75, 3.05) is 0 Å². The molecular weight excluding hydrogens is 320 g/mol. The van der Waals surface area contributed by atoms with Crippen LogP contribution in [-0.4, -0.2) is 9.97 Å². The predicted octanol–water partition coefficient (Wildman–Crippen LogP) is 5.03. The van der Waals surface area contributed by atoms with E-state index in [1.807, 2.05) is 56.3 Å². The van der Waals surface area contributed by atoms with Crippen LogP contribution >= 0.6 is 11.6 Å². The summed E-state index contributed by atoms with van der Waals surface area (Å²) in [7, 11) is 0. The van der Waals surface area contributed by atoms with E-state index in [0.29, 0.717) is 0 Å². The average Bonchev–Trinajstić information content (AvgIpc) is 2.57. The Kier molecular flexibility index (Phi) is 4.63. The molecule has 0 amide bonds. The summed E-state index contributed by atoms with van der Waals surface area (Å²) < 4.78 is 0. The highest BCUT2D eigenvalue weighted by molar-refractivity contribution is 6.35. The molecule has 0 aliphatic rings. The number of hydrogen-bond acceptors (Lipinski definition) is 2. The van der Waals surface area contributed by atoms with E-state index < -0.39 is 0 Å². The lowest BCUT2D eigenvalue weighted by molar-refractivity contribution is 1.37. The van der Waals surface area contributed by atoms with Gasteiger partial charge in [0.15, 0.2) is 5.43 Å². The summed E-state index contributed by atoms with van der Waals surface area (Å²) in [4.78, 5) is 18.5. The third-order valence-electron chi connectivity index (χ3n) is 3.76. The molecule has 1 N–H and O–H groups in total. The standard InChI is InChI=1S/C10H8ClN.C10H9NO/c1-7-2-3-10-8(6-7)9(11)4-5-12-10;1-7-2-3-9-8(6-7)10(12)4-5-11-9/h2-6H,1H3;2-6H,1H3,(H,11,12). The fourth-order valence-electron chi connectivity index (χ4n) is 2.51. The lowest BCUT2D eigenvalue weighted by Gasteiger charge is -1.99. The van der Waals surface area contributed by atoms with Gasteiger partial charge in [-0.15, -0.1) is 0 Å². The van der Waals surface area contributed by atoms with E-state index in [9.17, 15) is 4.79 Å². The minimum atomic E-state index is 0.0763. The third kappa shape index (κ3) is 3.47. The Labute approximate surface area is 144 Å². The maximum atomic E-state index is 11.3. The quantitative estimate of drug-likeness (QED) is 0.489. The van der Waals surface area contributed by atoms with Crippen LogP contribution in [0.25, 0.3) is 21.8 Å². The van der Waals surface area contributed by atoms with Crippen molar-refractivity contribution in [2.45, 2.75) is 13.8 Å². The number of rotatable bonds is 0. The molecule has 0 spiro atoms. The van der Waals surface area contributed by atoms with E-state index in [-0.39, 0.29) is 5.43 Å². The molecule has 0 bridgehead atoms. The first-order valence-corrected chi connectivity index (χ1v) is 8.01. The van der Waals surface area contributed by atoms with Crippen molar-refractivity contribution in [2.24, 2.45) is 0 Å². The number of pyridine rings is 2. The summed E-state index contributed by atoms with van der Waals surface area (Å²) in [5.74, 6) is 0. The van der Waals surface area contributed by atoms with Gasteiger partial charge in [-0.1, -0.05) is 34.9 Å². The second kappa shape index (κ2) is 6.85. The molecule has 2 aromatic heterocycles. The number of nitrogens with zero attached hydrogens (tertiary/aromatic N) is 1. The van der Waals surface area contributed by atoms with E-state index in [0.717, 1.165) is 32.4 Å². The topological polar surface area (TPSA) is 45.8 Å². The van der Waals surface area contributed by atoms with Gasteiger partial charge in [-0.05, 0) is 44.2 Å². The molecule has 0 aliphatic carbocycles. The molecular formula is C20H17ClN2O. The summed E-state index contributed by atoms with van der Waals surface area (Å²) in [5, 5.41) is 2.56. The largest absolute Gasteiger partial charge is 0.361 e. The number of aromatic amines is 1. The van der Waals surface area contributed by atoms with Crippen LogP contribution in [0.15, 0.2) is 65.7 Å². The molecule has 0 unspecified atom stereocenters. The molecule has 120 valence electrons. The zero-order valence-corrected chi connectivity index (χ0v) is 14.3. The van der Waals surface area contributed by atoms with Gasteiger partial charge in [0, 0.05) is 34.7 Å². The number of hydrogen-bond donors (Lipinski definition) is 1. The van der Waals surface area contributed by atoms with Gasteiger partial charge >= 0.3 is 0 Å². The van der Waals surface area contributed by atoms with E-state index in [1.54, 1.807) is 18.5 Å². The van der Waals surface area contributed by atoms with E-state index in [4.69, 9.17) is 11.6 Å². The van der Waals surface area contributed by atoms with Crippen molar-refractivity contribution in [3.05, 3.63) is 87.3 Å². The number of halogens is 1. The van der Waals surface area contributed by atoms with Gasteiger partial charge in [-0.2, -0.15) is 0 Å². The van der Waals surface area contributed by atoms with Crippen molar-refractivity contribution in [3.8, 4) is 0 Å². The van der Waals surface area contributed by atoms with Crippen molar-refractivity contribution in [1.29, 1.82) is 0 Å². The van der Waals surface area contributed by atoms with Gasteiger partial charge < -0.3 is 4.98 Å². The van der Waals surface area contributed by atoms with Crippen molar-refractivity contribution in [3.63, 3.8) is 0 Å². The van der Waals surface area contributed by atoms with Crippen LogP contribution in [0.2, 0.25) is 5.02 Å². The van der Waals surface area contributed by atoms with Crippen LogP contribution in [0.1, 0.15) is 11.1 Å². The summed E-state index contributed by atoms with van der Waals surface area (Å²) >= 11 is 5.99. The number of aromatic nitrogens is 2. The molecule has 24 heavy (non-hydrogen) atoms. The van der Waals surface area contributed by atoms with Gasteiger partial charge in [0.05, 0.1) is 10.5 Å². The average molecular weight is 337 g/mol. The van der Waals surface area contributed by atoms with Gasteiger partial charge in [-0.25, -0.2) is 0 Å². The Balaban J connectivity index is 0.000000141. The maximum absolute atomic E-state index is 11.3. The monoisotopic (exact) mass is 336 g/mol. The fraction of sp³-hybridized carbons (Fsp3) is 0.100. The highest BCUT2D eigenvalue weighted by Crippen LogP contribution is 2.21. The molecule has 4 aromatic rings. The highest BCUT2D eigenvalue weighted by Gasteiger charge is 1.98. The first kappa shape index (κ1) is 16.2. The van der Waals surface area contributed by atoms with Gasteiger partial charge in [0.1, 0.15) is 0 Å². The minimum Gasteiger partial charge on any atom is -0.361 e. The molecule has 0 aliphatic heterocycles. The first-order valence-electron chi connectivity index (χ1n) is 7.63. The number of fused-ring (bicyclic) bond motifs is 2. The third-order valence-corrected chi connectivity index (χ3v) is 4.09. The molecule has 3 nitrogen and oxygen atoms in total. The fourth-order valence-corrected chi connectivity index (χ4v) is 2.72. The normalized spacial score (nSPS) is 10.5. The smallest absolute Gasteiger partial charge is 0.189 e. The second-order valence-electron chi connectivity index (χ2n) is 5.70.